The van der Waals surface area contributed by atoms with Gasteiger partial charge in [0.25, 0.3) is 0 Å². The molecule has 5 atom stereocenters. The lowest BCUT2D eigenvalue weighted by Crippen LogP contribution is -2.31. The fraction of sp³-hybridized carbons (Fsp3) is 0.364. The largest absolute Gasteiger partial charge is 0.394 e. The number of aromatic nitrogens is 4. The number of nitrogens with one attached hydrogen (secondary N) is 2. The third-order valence-electron chi connectivity index (χ3n) is 5.55. The first-order chi connectivity index (χ1) is 16.6. The van der Waals surface area contributed by atoms with Gasteiger partial charge in [0.2, 0.25) is 0 Å². The number of anilines is 1. The number of ether oxygens (including phenoxy) is 3. The van der Waals surface area contributed by atoms with Crippen molar-refractivity contribution >= 4 is 51.7 Å². The Morgan fingerprint density at radius 2 is 2.00 bits per heavy atom. The lowest BCUT2D eigenvalue weighted by molar-refractivity contribution is -0.133. The molecule has 34 heavy (non-hydrogen) atoms. The molecular weight excluding hydrogens is 555 g/mol. The molecule has 2 fully saturated rings. The Hall–Kier alpha value is -2.65. The maximum absolute atomic E-state index is 12.0. The number of hydrogen-bond acceptors (Lipinski definition) is 8. The van der Waals surface area contributed by atoms with Crippen molar-refractivity contribution in [2.24, 2.45) is 0 Å². The van der Waals surface area contributed by atoms with E-state index < -0.39 is 30.8 Å². The summed E-state index contributed by atoms with van der Waals surface area (Å²) in [7, 11) is 0. The number of carbonyl (C=O) groups is 1. The van der Waals surface area contributed by atoms with Crippen LogP contribution in [0.25, 0.3) is 17.2 Å². The fourth-order valence-electron chi connectivity index (χ4n) is 4.07. The molecule has 12 heteroatoms. The Morgan fingerprint density at radius 3 is 2.76 bits per heavy atom. The summed E-state index contributed by atoms with van der Waals surface area (Å²) in [5.74, 6) is 0.285. The SMILES string of the molecule is CCNC(=O)Nc1ncnc2c1nc(I)n2C1OC(CO)C2OC(/C=C/c3ccccc3)OC21. The maximum Gasteiger partial charge on any atom is 0.320 e. The third-order valence-corrected chi connectivity index (χ3v) is 6.31. The number of aliphatic hydroxyl groups is 1. The molecule has 178 valence electrons. The number of carbonyl (C=O) groups excluding carboxylic acids is 1. The van der Waals surface area contributed by atoms with Gasteiger partial charge >= 0.3 is 6.03 Å². The van der Waals surface area contributed by atoms with E-state index in [1.165, 1.54) is 6.33 Å². The number of amides is 2. The summed E-state index contributed by atoms with van der Waals surface area (Å²) in [6, 6.07) is 9.46. The Morgan fingerprint density at radius 1 is 1.21 bits per heavy atom. The molecule has 0 aliphatic carbocycles. The first kappa shape index (κ1) is 23.1. The van der Waals surface area contributed by atoms with Gasteiger partial charge in [-0.15, -0.1) is 0 Å². The smallest absolute Gasteiger partial charge is 0.320 e. The fourth-order valence-corrected chi connectivity index (χ4v) is 4.81. The second-order valence-corrected chi connectivity index (χ2v) is 8.68. The van der Waals surface area contributed by atoms with E-state index >= 15 is 0 Å². The summed E-state index contributed by atoms with van der Waals surface area (Å²) in [4.78, 5) is 25.1. The average molecular weight is 578 g/mol. The summed E-state index contributed by atoms with van der Waals surface area (Å²) in [5, 5.41) is 15.3. The Bertz CT molecular complexity index is 1210. The van der Waals surface area contributed by atoms with Crippen LogP contribution in [0.1, 0.15) is 18.7 Å². The Balaban J connectivity index is 1.43. The highest BCUT2D eigenvalue weighted by Gasteiger charge is 2.53. The van der Waals surface area contributed by atoms with Crippen LogP contribution in [0.15, 0.2) is 42.7 Å². The van der Waals surface area contributed by atoms with Gasteiger partial charge in [-0.05, 0) is 18.6 Å². The molecule has 0 radical (unpaired) electrons. The quantitative estimate of drug-likeness (QED) is 0.300. The van der Waals surface area contributed by atoms with Gasteiger partial charge in [-0.25, -0.2) is 19.7 Å². The number of benzene rings is 1. The minimum atomic E-state index is -0.638. The molecule has 5 unspecified atom stereocenters. The van der Waals surface area contributed by atoms with Crippen molar-refractivity contribution in [1.82, 2.24) is 24.8 Å². The molecule has 0 bridgehead atoms. The molecule has 3 aromatic rings. The molecule has 2 aromatic heterocycles. The maximum atomic E-state index is 12.0. The van der Waals surface area contributed by atoms with E-state index in [0.717, 1.165) is 5.56 Å². The van der Waals surface area contributed by atoms with Gasteiger partial charge in [-0.2, -0.15) is 0 Å². The van der Waals surface area contributed by atoms with E-state index in [1.807, 2.05) is 49.4 Å². The summed E-state index contributed by atoms with van der Waals surface area (Å²) < 4.78 is 20.7. The van der Waals surface area contributed by atoms with Crippen LogP contribution in [0.5, 0.6) is 0 Å². The topological polar surface area (TPSA) is 133 Å². The van der Waals surface area contributed by atoms with Crippen molar-refractivity contribution in [3.63, 3.8) is 0 Å². The molecule has 3 N–H and O–H groups in total. The number of halogens is 1. The molecule has 11 nitrogen and oxygen atoms in total. The van der Waals surface area contributed by atoms with Crippen molar-refractivity contribution < 1.29 is 24.1 Å². The number of urea groups is 1. The second-order valence-electron chi connectivity index (χ2n) is 7.72. The molecule has 2 amide bonds. The lowest BCUT2D eigenvalue weighted by atomic mass is 10.1. The highest BCUT2D eigenvalue weighted by molar-refractivity contribution is 14.1. The highest BCUT2D eigenvalue weighted by Crippen LogP contribution is 2.41. The van der Waals surface area contributed by atoms with Gasteiger partial charge < -0.3 is 24.6 Å². The number of aliphatic hydroxyl groups excluding tert-OH is 1. The van der Waals surface area contributed by atoms with E-state index in [4.69, 9.17) is 14.2 Å². The van der Waals surface area contributed by atoms with Crippen molar-refractivity contribution in [2.75, 3.05) is 18.5 Å². The molecule has 1 aromatic carbocycles. The molecule has 4 heterocycles. The summed E-state index contributed by atoms with van der Waals surface area (Å²) in [6.45, 7) is 2.08. The first-order valence-electron chi connectivity index (χ1n) is 10.8. The number of fused-ring (bicyclic) bond motifs is 2. The monoisotopic (exact) mass is 578 g/mol. The Kier molecular flexibility index (Phi) is 6.74. The van der Waals surface area contributed by atoms with Gasteiger partial charge in [-0.1, -0.05) is 36.4 Å². The van der Waals surface area contributed by atoms with Crippen molar-refractivity contribution in [2.45, 2.75) is 37.8 Å². The summed E-state index contributed by atoms with van der Waals surface area (Å²) >= 11 is 2.08. The Labute approximate surface area is 208 Å². The van der Waals surface area contributed by atoms with Crippen LogP contribution in [0.3, 0.4) is 0 Å². The van der Waals surface area contributed by atoms with Crippen LogP contribution >= 0.6 is 22.6 Å². The first-order valence-corrected chi connectivity index (χ1v) is 11.9. The van der Waals surface area contributed by atoms with Crippen molar-refractivity contribution in [3.8, 4) is 0 Å². The van der Waals surface area contributed by atoms with Gasteiger partial charge in [0.05, 0.1) is 6.61 Å². The predicted octanol–water partition coefficient (Wildman–Crippen LogP) is 2.29. The highest BCUT2D eigenvalue weighted by atomic mass is 127. The van der Waals surface area contributed by atoms with E-state index in [0.29, 0.717) is 21.5 Å². The standard InChI is InChI=1S/C22H23IN6O5/c1-2-24-22(31)28-18-15-19(26-11-25-18)29(21(23)27-15)20-17-16(13(10-30)32-20)33-14(34-17)9-8-12-6-4-3-5-7-12/h3-9,11,13-14,16-17,20,30H,2,10H2,1H3,(H2,24,25,26,28,31)/b9-8+. The lowest BCUT2D eigenvalue weighted by Gasteiger charge is -2.20. The van der Waals surface area contributed by atoms with E-state index in [9.17, 15) is 9.90 Å². The minimum Gasteiger partial charge on any atom is -0.394 e. The molecule has 5 rings (SSSR count). The summed E-state index contributed by atoms with van der Waals surface area (Å²) in [6.07, 6.45) is 2.35. The van der Waals surface area contributed by atoms with Gasteiger partial charge in [0.15, 0.2) is 33.3 Å². The van der Waals surface area contributed by atoms with Crippen LogP contribution in [0.4, 0.5) is 10.6 Å². The molecule has 0 spiro atoms. The van der Waals surface area contributed by atoms with E-state index in [2.05, 4.69) is 48.2 Å². The molecule has 2 saturated heterocycles. The molecule has 0 saturated carbocycles. The van der Waals surface area contributed by atoms with Crippen molar-refractivity contribution in [3.05, 3.63) is 52.1 Å². The zero-order valence-electron chi connectivity index (χ0n) is 18.2. The number of rotatable bonds is 6. The summed E-state index contributed by atoms with van der Waals surface area (Å²) in [5.41, 5.74) is 1.92. The van der Waals surface area contributed by atoms with Crippen LogP contribution in [-0.4, -0.2) is 68.4 Å². The zero-order chi connectivity index (χ0) is 23.7. The number of nitrogens with zero attached hydrogens (tertiary/aromatic N) is 4. The van der Waals surface area contributed by atoms with Crippen LogP contribution in [0, 0.1) is 3.83 Å². The van der Waals surface area contributed by atoms with Crippen molar-refractivity contribution in [1.29, 1.82) is 0 Å². The number of imidazole rings is 1. The van der Waals surface area contributed by atoms with Crippen LogP contribution in [-0.2, 0) is 14.2 Å². The van der Waals surface area contributed by atoms with Gasteiger partial charge in [-0.3, -0.25) is 9.88 Å². The normalized spacial score (nSPS) is 26.3. The molecular formula is C22H23IN6O5. The predicted molar refractivity (Wildman–Crippen MR) is 131 cm³/mol. The van der Waals surface area contributed by atoms with E-state index in [-0.39, 0.29) is 18.5 Å². The van der Waals surface area contributed by atoms with Gasteiger partial charge in [0.1, 0.15) is 24.6 Å². The number of hydrogen-bond donors (Lipinski definition) is 3. The molecule has 2 aliphatic rings. The zero-order valence-corrected chi connectivity index (χ0v) is 20.3. The van der Waals surface area contributed by atoms with E-state index in [1.54, 1.807) is 4.57 Å². The molecule has 2 aliphatic heterocycles. The average Bonchev–Trinajstić information content (AvgIpc) is 3.50. The minimum absolute atomic E-state index is 0.224. The van der Waals surface area contributed by atoms with Crippen LogP contribution in [0.2, 0.25) is 0 Å². The second kappa shape index (κ2) is 9.92. The van der Waals surface area contributed by atoms with Gasteiger partial charge in [0, 0.05) is 29.1 Å². The third kappa shape index (κ3) is 4.38. The van der Waals surface area contributed by atoms with Crippen LogP contribution < -0.4 is 10.6 Å².